The van der Waals surface area contributed by atoms with E-state index in [9.17, 15) is 14.7 Å². The highest BCUT2D eigenvalue weighted by molar-refractivity contribution is 5.45. The largest absolute Gasteiger partial charge is 0.595 e. The Labute approximate surface area is 98.6 Å². The summed E-state index contributed by atoms with van der Waals surface area (Å²) in [5, 5.41) is 28.3. The molecule has 1 rings (SSSR count). The van der Waals surface area contributed by atoms with Gasteiger partial charge in [0.1, 0.15) is 11.9 Å². The Hall–Kier alpha value is -1.21. The number of halogens is 1. The molecule has 0 aromatic heterocycles. The number of aliphatic hydroxyl groups is 1. The van der Waals surface area contributed by atoms with Crippen LogP contribution in [0.1, 0.15) is 20.8 Å². The predicted molar refractivity (Wildman–Crippen MR) is 58.6 cm³/mol. The smallest absolute Gasteiger partial charge is 0.206 e. The van der Waals surface area contributed by atoms with Gasteiger partial charge in [-0.2, -0.15) is 5.23 Å². The summed E-state index contributed by atoms with van der Waals surface area (Å²) >= 11 is 0. The molecule has 1 aromatic carbocycles. The molecule has 0 saturated carbocycles. The van der Waals surface area contributed by atoms with Crippen LogP contribution >= 0.6 is 0 Å². The van der Waals surface area contributed by atoms with Gasteiger partial charge in [-0.05, 0) is 26.8 Å². The fourth-order valence-electron chi connectivity index (χ4n) is 1.11. The van der Waals surface area contributed by atoms with Crippen molar-refractivity contribution in [3.05, 3.63) is 29.2 Å². The van der Waals surface area contributed by atoms with Gasteiger partial charge in [-0.15, -0.1) is 0 Å². The van der Waals surface area contributed by atoms with Crippen molar-refractivity contribution in [2.24, 2.45) is 0 Å². The number of nitrogens with one attached hydrogen (secondary N) is 1. The molecule has 6 heteroatoms. The second kappa shape index (κ2) is 4.97. The molecule has 0 aliphatic carbocycles. The van der Waals surface area contributed by atoms with Gasteiger partial charge in [0.25, 0.3) is 0 Å². The molecule has 2 atom stereocenters. The Bertz CT molecular complexity index is 390. The second-order valence-electron chi connectivity index (χ2n) is 4.36. The third kappa shape index (κ3) is 3.64. The highest BCUT2D eigenvalue weighted by Crippen LogP contribution is 2.25. The van der Waals surface area contributed by atoms with E-state index >= 15 is 0 Å². The average Bonchev–Trinajstić information content (AvgIpc) is 2.15. The number of rotatable bonds is 4. The van der Waals surface area contributed by atoms with Gasteiger partial charge in [-0.25, -0.2) is 9.60 Å². The van der Waals surface area contributed by atoms with Gasteiger partial charge >= 0.3 is 0 Å². The molecular formula is C11H16FNO4. The van der Waals surface area contributed by atoms with E-state index in [0.29, 0.717) is 0 Å². The van der Waals surface area contributed by atoms with Gasteiger partial charge in [-0.3, -0.25) is 0 Å². The van der Waals surface area contributed by atoms with Crippen LogP contribution in [0, 0.1) is 11.0 Å². The summed E-state index contributed by atoms with van der Waals surface area (Å²) in [6, 6.07) is 3.17. The van der Waals surface area contributed by atoms with Crippen LogP contribution in [0.4, 0.5) is 10.1 Å². The predicted octanol–water partition coefficient (Wildman–Crippen LogP) is 0.767. The molecule has 2 unspecified atom stereocenters. The monoisotopic (exact) mass is 245 g/mol. The Kier molecular flexibility index (Phi) is 4.05. The minimum Gasteiger partial charge on any atom is -0.595 e. The van der Waals surface area contributed by atoms with Crippen LogP contribution < -0.4 is 9.96 Å². The molecule has 3 N–H and O–H groups in total. The number of hydrogen-bond acceptors (Lipinski definition) is 4. The topological polar surface area (TPSA) is 77.2 Å². The highest BCUT2D eigenvalue weighted by Gasteiger charge is 2.26. The van der Waals surface area contributed by atoms with Crippen molar-refractivity contribution in [3.8, 4) is 5.75 Å². The number of ether oxygens (including phenoxy) is 1. The van der Waals surface area contributed by atoms with Gasteiger partial charge < -0.3 is 15.1 Å². The fraction of sp³-hybridized carbons (Fsp3) is 0.455. The zero-order chi connectivity index (χ0) is 13.2. The summed E-state index contributed by atoms with van der Waals surface area (Å²) in [6.07, 6.45) is -0.664. The van der Waals surface area contributed by atoms with Gasteiger partial charge in [0.05, 0.1) is 5.60 Å². The highest BCUT2D eigenvalue weighted by atomic mass is 19.1. The van der Waals surface area contributed by atoms with Crippen molar-refractivity contribution in [2.45, 2.75) is 32.5 Å². The molecule has 0 amide bonds. The van der Waals surface area contributed by atoms with Gasteiger partial charge in [0.15, 0.2) is 5.75 Å². The molecular weight excluding hydrogens is 229 g/mol. The molecule has 96 valence electrons. The lowest BCUT2D eigenvalue weighted by Crippen LogP contribution is -2.99. The van der Waals surface area contributed by atoms with Gasteiger partial charge in [0.2, 0.25) is 5.69 Å². The quantitative estimate of drug-likeness (QED) is 0.685. The van der Waals surface area contributed by atoms with E-state index in [0.717, 1.165) is 18.2 Å². The first-order chi connectivity index (χ1) is 7.71. The summed E-state index contributed by atoms with van der Waals surface area (Å²) in [7, 11) is 0. The molecule has 0 heterocycles. The Morgan fingerprint density at radius 3 is 2.53 bits per heavy atom. The summed E-state index contributed by atoms with van der Waals surface area (Å²) in [5.74, 6) is -0.680. The molecule has 0 bridgehead atoms. The van der Waals surface area contributed by atoms with Crippen LogP contribution in [0.5, 0.6) is 5.75 Å². The zero-order valence-corrected chi connectivity index (χ0v) is 9.90. The first-order valence-corrected chi connectivity index (χ1v) is 5.13. The van der Waals surface area contributed by atoms with E-state index in [1.54, 1.807) is 6.92 Å². The standard InChI is InChI=1S/C11H16FNO4/c1-7(11(2,3)14)17-10-6-8(12)4-5-9(10)13(15)16/h4-7,13-15H,1-3H3. The summed E-state index contributed by atoms with van der Waals surface area (Å²) < 4.78 is 18.3. The van der Waals surface area contributed by atoms with Crippen LogP contribution in [0.25, 0.3) is 0 Å². The SMILES string of the molecule is CC(Oc1cc(F)ccc1[NH+]([O-])O)C(C)(C)O. The molecule has 1 aromatic rings. The van der Waals surface area contributed by atoms with E-state index in [1.165, 1.54) is 13.8 Å². The molecule has 0 spiro atoms. The summed E-state index contributed by atoms with van der Waals surface area (Å²) in [6.45, 7) is 4.63. The first kappa shape index (κ1) is 13.9. The van der Waals surface area contributed by atoms with Crippen molar-refractivity contribution in [1.82, 2.24) is 0 Å². The Morgan fingerprint density at radius 2 is 2.06 bits per heavy atom. The Balaban J connectivity index is 3.00. The molecule has 17 heavy (non-hydrogen) atoms. The van der Waals surface area contributed by atoms with Crippen LogP contribution in [-0.4, -0.2) is 22.0 Å². The normalized spacial score (nSPS) is 15.5. The Morgan fingerprint density at radius 1 is 1.47 bits per heavy atom. The van der Waals surface area contributed by atoms with Crippen LogP contribution in [-0.2, 0) is 0 Å². The fourth-order valence-corrected chi connectivity index (χ4v) is 1.11. The molecule has 0 fully saturated rings. The lowest BCUT2D eigenvalue weighted by atomic mass is 10.0. The summed E-state index contributed by atoms with van der Waals surface area (Å²) in [5.41, 5.74) is -1.29. The van der Waals surface area contributed by atoms with Crippen molar-refractivity contribution >= 4 is 5.69 Å². The summed E-state index contributed by atoms with van der Waals surface area (Å²) in [4.78, 5) is 0. The molecule has 0 radical (unpaired) electrons. The zero-order valence-electron chi connectivity index (χ0n) is 9.90. The van der Waals surface area contributed by atoms with Crippen LogP contribution in [0.3, 0.4) is 0 Å². The second-order valence-corrected chi connectivity index (χ2v) is 4.36. The maximum absolute atomic E-state index is 13.0. The third-order valence-electron chi connectivity index (χ3n) is 2.47. The van der Waals surface area contributed by atoms with E-state index < -0.39 is 22.7 Å². The minimum atomic E-state index is -1.21. The lowest BCUT2D eigenvalue weighted by Gasteiger charge is -2.27. The van der Waals surface area contributed by atoms with E-state index in [2.05, 4.69) is 0 Å². The minimum absolute atomic E-state index is 0.0906. The van der Waals surface area contributed by atoms with Gasteiger partial charge in [-0.1, -0.05) is 0 Å². The lowest BCUT2D eigenvalue weighted by molar-refractivity contribution is -0.991. The van der Waals surface area contributed by atoms with Crippen molar-refractivity contribution in [3.63, 3.8) is 0 Å². The molecule has 0 aliphatic heterocycles. The molecule has 5 nitrogen and oxygen atoms in total. The van der Waals surface area contributed by atoms with Crippen molar-refractivity contribution < 1.29 is 24.7 Å². The number of quaternary nitrogens is 1. The van der Waals surface area contributed by atoms with E-state index in [1.807, 2.05) is 0 Å². The van der Waals surface area contributed by atoms with E-state index in [4.69, 9.17) is 9.94 Å². The maximum Gasteiger partial charge on any atom is 0.206 e. The van der Waals surface area contributed by atoms with Crippen molar-refractivity contribution in [2.75, 3.05) is 0 Å². The molecule has 0 saturated heterocycles. The first-order valence-electron chi connectivity index (χ1n) is 5.13. The van der Waals surface area contributed by atoms with Gasteiger partial charge in [0, 0.05) is 12.1 Å². The van der Waals surface area contributed by atoms with E-state index in [-0.39, 0.29) is 11.4 Å². The molecule has 0 aliphatic rings. The maximum atomic E-state index is 13.0. The van der Waals surface area contributed by atoms with Crippen LogP contribution in [0.15, 0.2) is 18.2 Å². The third-order valence-corrected chi connectivity index (χ3v) is 2.47. The van der Waals surface area contributed by atoms with Crippen molar-refractivity contribution in [1.29, 1.82) is 0 Å². The average molecular weight is 245 g/mol. The number of benzene rings is 1. The number of hydrogen-bond donors (Lipinski definition) is 3. The van der Waals surface area contributed by atoms with Crippen LogP contribution in [0.2, 0.25) is 0 Å².